The molecule has 3 aromatic rings. The number of nitrogens with zero attached hydrogens (tertiary/aromatic N) is 3. The van der Waals surface area contributed by atoms with Crippen LogP contribution in [-0.2, 0) is 9.59 Å². The molecule has 1 aliphatic heterocycles. The fourth-order valence-corrected chi connectivity index (χ4v) is 3.78. The minimum atomic E-state index is -0.485. The second-order valence-electron chi connectivity index (χ2n) is 6.47. The third-order valence-electron chi connectivity index (χ3n) is 4.50. The molecule has 0 spiro atoms. The Morgan fingerprint density at radius 1 is 1.10 bits per heavy atom. The molecule has 0 radical (unpaired) electrons. The van der Waals surface area contributed by atoms with Gasteiger partial charge in [-0.2, -0.15) is 0 Å². The van der Waals surface area contributed by atoms with Gasteiger partial charge in [-0.05, 0) is 18.2 Å². The van der Waals surface area contributed by atoms with Crippen LogP contribution in [0.3, 0.4) is 0 Å². The van der Waals surface area contributed by atoms with Crippen molar-refractivity contribution in [2.45, 2.75) is 12.8 Å². The number of hydrogen-bond donors (Lipinski definition) is 1. The van der Waals surface area contributed by atoms with Crippen LogP contribution in [0.15, 0.2) is 53.9 Å². The topological polar surface area (TPSA) is 123 Å². The molecule has 2 aromatic carbocycles. The summed E-state index contributed by atoms with van der Waals surface area (Å²) in [4.78, 5) is 52.3. The van der Waals surface area contributed by atoms with Crippen LogP contribution in [0.2, 0.25) is 0 Å². The summed E-state index contributed by atoms with van der Waals surface area (Å²) in [5, 5.41) is 15.6. The van der Waals surface area contributed by atoms with E-state index >= 15 is 0 Å². The van der Waals surface area contributed by atoms with E-state index in [-0.39, 0.29) is 35.9 Å². The Balaban J connectivity index is 1.52. The second kappa shape index (κ2) is 7.84. The molecular formula is C20H14N4O5S. The summed E-state index contributed by atoms with van der Waals surface area (Å²) in [7, 11) is 0. The molecule has 0 bridgehead atoms. The molecule has 1 N–H and O–H groups in total. The van der Waals surface area contributed by atoms with Crippen molar-refractivity contribution in [3.05, 3.63) is 69.6 Å². The van der Waals surface area contributed by atoms with Crippen LogP contribution in [0.5, 0.6) is 0 Å². The summed E-state index contributed by atoms with van der Waals surface area (Å²) in [5.74, 6) is -1.03. The van der Waals surface area contributed by atoms with Gasteiger partial charge in [0.15, 0.2) is 5.13 Å². The lowest BCUT2D eigenvalue weighted by Crippen LogP contribution is -2.28. The highest BCUT2D eigenvalue weighted by Crippen LogP contribution is 2.28. The number of carbonyl (C=O) groups is 3. The van der Waals surface area contributed by atoms with Crippen molar-refractivity contribution in [2.24, 2.45) is 0 Å². The molecule has 0 atom stereocenters. The molecule has 3 amide bonds. The first-order valence-corrected chi connectivity index (χ1v) is 9.78. The van der Waals surface area contributed by atoms with Gasteiger partial charge in [-0.3, -0.25) is 34.7 Å². The van der Waals surface area contributed by atoms with Crippen LogP contribution in [0, 0.1) is 10.1 Å². The van der Waals surface area contributed by atoms with Gasteiger partial charge in [-0.15, -0.1) is 11.3 Å². The SMILES string of the molecule is O=C(Nc1nc(-c2cccc([N+](=O)[O-])c2)cs1)c1cccc(N2C(=O)CCC2=O)c1. The highest BCUT2D eigenvalue weighted by Gasteiger charge is 2.30. The van der Waals surface area contributed by atoms with Crippen molar-refractivity contribution in [1.82, 2.24) is 4.98 Å². The van der Waals surface area contributed by atoms with Crippen molar-refractivity contribution in [3.8, 4) is 11.3 Å². The Bertz CT molecular complexity index is 1170. The molecule has 30 heavy (non-hydrogen) atoms. The second-order valence-corrected chi connectivity index (χ2v) is 7.33. The number of benzene rings is 2. The molecule has 2 heterocycles. The molecule has 1 aliphatic rings. The lowest BCUT2D eigenvalue weighted by molar-refractivity contribution is -0.384. The number of nitro groups is 1. The van der Waals surface area contributed by atoms with E-state index in [0.717, 1.165) is 4.90 Å². The van der Waals surface area contributed by atoms with Gasteiger partial charge < -0.3 is 0 Å². The summed E-state index contributed by atoms with van der Waals surface area (Å²) < 4.78 is 0. The van der Waals surface area contributed by atoms with Gasteiger partial charge in [-0.1, -0.05) is 18.2 Å². The van der Waals surface area contributed by atoms with Gasteiger partial charge in [0.1, 0.15) is 0 Å². The highest BCUT2D eigenvalue weighted by molar-refractivity contribution is 7.14. The minimum Gasteiger partial charge on any atom is -0.298 e. The van der Waals surface area contributed by atoms with Gasteiger partial charge in [0.2, 0.25) is 11.8 Å². The Morgan fingerprint density at radius 2 is 1.83 bits per heavy atom. The molecule has 0 saturated carbocycles. The standard InChI is InChI=1S/C20H14N4O5S/c25-17-7-8-18(26)23(17)14-5-2-4-13(10-14)19(27)22-20-21-16(11-30-20)12-3-1-6-15(9-12)24(28)29/h1-6,9-11H,7-8H2,(H,21,22,27). The molecule has 9 nitrogen and oxygen atoms in total. The summed E-state index contributed by atoms with van der Waals surface area (Å²) in [5.41, 5.74) is 1.64. The van der Waals surface area contributed by atoms with E-state index in [4.69, 9.17) is 0 Å². The third-order valence-corrected chi connectivity index (χ3v) is 5.25. The number of anilines is 2. The number of aromatic nitrogens is 1. The molecule has 4 rings (SSSR count). The maximum absolute atomic E-state index is 12.6. The van der Waals surface area contributed by atoms with Gasteiger partial charge in [-0.25, -0.2) is 4.98 Å². The summed E-state index contributed by atoms with van der Waals surface area (Å²) >= 11 is 1.18. The number of amides is 3. The van der Waals surface area contributed by atoms with Gasteiger partial charge in [0.05, 0.1) is 16.3 Å². The average Bonchev–Trinajstić information content (AvgIpc) is 3.34. The number of thiazole rings is 1. The van der Waals surface area contributed by atoms with E-state index in [2.05, 4.69) is 10.3 Å². The highest BCUT2D eigenvalue weighted by atomic mass is 32.1. The van der Waals surface area contributed by atoms with Crippen LogP contribution < -0.4 is 10.2 Å². The van der Waals surface area contributed by atoms with Crippen LogP contribution >= 0.6 is 11.3 Å². The zero-order valence-corrected chi connectivity index (χ0v) is 16.2. The van der Waals surface area contributed by atoms with E-state index in [1.54, 1.807) is 35.7 Å². The normalized spacial score (nSPS) is 13.5. The Morgan fingerprint density at radius 3 is 2.57 bits per heavy atom. The van der Waals surface area contributed by atoms with Gasteiger partial charge in [0.25, 0.3) is 11.6 Å². The minimum absolute atomic E-state index is 0.0473. The molecule has 1 aromatic heterocycles. The van der Waals surface area contributed by atoms with Crippen molar-refractivity contribution < 1.29 is 19.3 Å². The van der Waals surface area contributed by atoms with Crippen LogP contribution in [0.4, 0.5) is 16.5 Å². The lowest BCUT2D eigenvalue weighted by atomic mass is 10.1. The first kappa shape index (κ1) is 19.4. The number of imide groups is 1. The first-order chi connectivity index (χ1) is 14.4. The van der Waals surface area contributed by atoms with Crippen molar-refractivity contribution >= 4 is 45.6 Å². The summed E-state index contributed by atoms with van der Waals surface area (Å²) in [6, 6.07) is 12.3. The predicted octanol–water partition coefficient (Wildman–Crippen LogP) is 3.62. The number of nitro benzene ring substituents is 1. The average molecular weight is 422 g/mol. The Labute approximate surface area is 174 Å². The quantitative estimate of drug-likeness (QED) is 0.381. The van der Waals surface area contributed by atoms with Gasteiger partial charge in [0, 0.05) is 41.5 Å². The number of hydrogen-bond acceptors (Lipinski definition) is 7. The first-order valence-electron chi connectivity index (χ1n) is 8.90. The fraction of sp³-hybridized carbons (Fsp3) is 0.100. The largest absolute Gasteiger partial charge is 0.298 e. The van der Waals surface area contributed by atoms with Crippen molar-refractivity contribution in [2.75, 3.05) is 10.2 Å². The zero-order chi connectivity index (χ0) is 21.3. The maximum Gasteiger partial charge on any atom is 0.270 e. The number of nitrogens with one attached hydrogen (secondary N) is 1. The Hall–Kier alpha value is -3.92. The summed E-state index contributed by atoms with van der Waals surface area (Å²) in [6.07, 6.45) is 0.323. The third kappa shape index (κ3) is 3.80. The molecular weight excluding hydrogens is 408 g/mol. The van der Waals surface area contributed by atoms with Gasteiger partial charge >= 0.3 is 0 Å². The van der Waals surface area contributed by atoms with E-state index in [1.807, 2.05) is 0 Å². The molecule has 1 fully saturated rings. The van der Waals surface area contributed by atoms with Crippen molar-refractivity contribution in [1.29, 1.82) is 0 Å². The lowest BCUT2D eigenvalue weighted by Gasteiger charge is -2.14. The van der Waals surface area contributed by atoms with E-state index in [9.17, 15) is 24.5 Å². The van der Waals surface area contributed by atoms with Crippen LogP contribution in [0.1, 0.15) is 23.2 Å². The monoisotopic (exact) mass is 422 g/mol. The molecule has 150 valence electrons. The molecule has 0 aliphatic carbocycles. The molecule has 1 saturated heterocycles. The van der Waals surface area contributed by atoms with Crippen LogP contribution in [0.25, 0.3) is 11.3 Å². The maximum atomic E-state index is 12.6. The van der Waals surface area contributed by atoms with Crippen molar-refractivity contribution in [3.63, 3.8) is 0 Å². The van der Waals surface area contributed by atoms with E-state index in [1.165, 1.54) is 29.5 Å². The molecule has 0 unspecified atom stereocenters. The van der Waals surface area contributed by atoms with Crippen LogP contribution in [-0.4, -0.2) is 27.6 Å². The summed E-state index contributed by atoms with van der Waals surface area (Å²) in [6.45, 7) is 0. The smallest absolute Gasteiger partial charge is 0.270 e. The number of rotatable bonds is 5. The van der Waals surface area contributed by atoms with E-state index < -0.39 is 10.8 Å². The zero-order valence-electron chi connectivity index (χ0n) is 15.4. The number of carbonyl (C=O) groups excluding carboxylic acids is 3. The predicted molar refractivity (Wildman–Crippen MR) is 110 cm³/mol. The fourth-order valence-electron chi connectivity index (χ4n) is 3.06. The Kier molecular flexibility index (Phi) is 5.07. The molecule has 10 heteroatoms. The number of non-ortho nitro benzene ring substituents is 1. The van der Waals surface area contributed by atoms with E-state index in [0.29, 0.717) is 22.1 Å².